The van der Waals surface area contributed by atoms with Crippen molar-refractivity contribution in [2.24, 2.45) is 11.8 Å². The molecule has 0 saturated carbocycles. The van der Waals surface area contributed by atoms with Gasteiger partial charge in [-0.2, -0.15) is 0 Å². The van der Waals surface area contributed by atoms with E-state index in [1.54, 1.807) is 18.5 Å². The fraction of sp³-hybridized carbons (Fsp3) is 0.412. The molecule has 2 aromatic heterocycles. The predicted octanol–water partition coefficient (Wildman–Crippen LogP) is 6.73. The Kier molecular flexibility index (Phi) is 9.08. The van der Waals surface area contributed by atoms with Gasteiger partial charge in [-0.05, 0) is 73.4 Å². The highest BCUT2D eigenvalue weighted by molar-refractivity contribution is 5.96. The lowest BCUT2D eigenvalue weighted by atomic mass is 9.94. The summed E-state index contributed by atoms with van der Waals surface area (Å²) in [6.07, 6.45) is 7.44. The summed E-state index contributed by atoms with van der Waals surface area (Å²) in [4.78, 5) is 36.7. The Morgan fingerprint density at radius 2 is 1.84 bits per heavy atom. The Balaban J connectivity index is 1.28. The number of amides is 2. The summed E-state index contributed by atoms with van der Waals surface area (Å²) < 4.78 is 16.8. The zero-order valence-corrected chi connectivity index (χ0v) is 25.7. The Hall–Kier alpha value is -4.27. The van der Waals surface area contributed by atoms with Crippen LogP contribution in [-0.4, -0.2) is 50.7 Å². The highest BCUT2D eigenvalue weighted by Crippen LogP contribution is 2.30. The number of carbonyl (C=O) groups is 2. The monoisotopic (exact) mass is 584 g/mol. The number of benzene rings is 2. The van der Waals surface area contributed by atoms with Crippen molar-refractivity contribution < 1.29 is 14.0 Å². The number of likely N-dealkylation sites (tertiary alicyclic amines) is 1. The van der Waals surface area contributed by atoms with E-state index >= 15 is 0 Å². The summed E-state index contributed by atoms with van der Waals surface area (Å²) in [7, 11) is 0. The Morgan fingerprint density at radius 1 is 1.07 bits per heavy atom. The van der Waals surface area contributed by atoms with E-state index in [9.17, 15) is 14.0 Å². The second-order valence-corrected chi connectivity index (χ2v) is 12.0. The molecule has 3 heterocycles. The molecule has 226 valence electrons. The first kappa shape index (κ1) is 30.2. The van der Waals surface area contributed by atoms with Gasteiger partial charge < -0.3 is 15.5 Å². The van der Waals surface area contributed by atoms with Crippen molar-refractivity contribution in [3.8, 4) is 11.3 Å². The highest BCUT2D eigenvalue weighted by atomic mass is 19.1. The molecule has 43 heavy (non-hydrogen) atoms. The maximum Gasteiger partial charge on any atom is 0.254 e. The average Bonchev–Trinajstić information content (AvgIpc) is 3.44. The summed E-state index contributed by atoms with van der Waals surface area (Å²) in [5, 5.41) is 6.36. The molecular formula is C34H41FN6O2. The maximum atomic E-state index is 14.9. The lowest BCUT2D eigenvalue weighted by Gasteiger charge is -2.32. The standard InChI is InChI=1S/C34H41FN6O2/c1-6-22(4)27-9-7-25(18-29(27)35)30-20-37-32-31(36-13-16-41(30)32)39-26-8-10-28(23(5)17-26)34(43)40-14-11-24(12-15-40)33(42)38-19-21(2)3/h7-10,13,16-18,20-22,24H,6,11-12,14-15,19H2,1-5H3,(H,36,39)(H,38,42). The van der Waals surface area contributed by atoms with Crippen LogP contribution in [0.3, 0.4) is 0 Å². The first-order valence-corrected chi connectivity index (χ1v) is 15.2. The number of nitrogens with zero attached hydrogens (tertiary/aromatic N) is 4. The number of piperidine rings is 1. The number of imidazole rings is 1. The molecule has 2 amide bonds. The van der Waals surface area contributed by atoms with Crippen LogP contribution in [0.1, 0.15) is 74.4 Å². The molecule has 1 aliphatic heterocycles. The van der Waals surface area contributed by atoms with Crippen LogP contribution in [0.15, 0.2) is 55.0 Å². The highest BCUT2D eigenvalue weighted by Gasteiger charge is 2.28. The molecule has 2 aromatic carbocycles. The van der Waals surface area contributed by atoms with Gasteiger partial charge in [-0.3, -0.25) is 14.0 Å². The van der Waals surface area contributed by atoms with E-state index in [1.165, 1.54) is 0 Å². The van der Waals surface area contributed by atoms with Crippen LogP contribution in [0.2, 0.25) is 0 Å². The van der Waals surface area contributed by atoms with Gasteiger partial charge in [0, 0.05) is 54.8 Å². The van der Waals surface area contributed by atoms with Crippen LogP contribution in [0.5, 0.6) is 0 Å². The zero-order chi connectivity index (χ0) is 30.7. The Labute approximate surface area is 252 Å². The van der Waals surface area contributed by atoms with E-state index in [0.717, 1.165) is 34.5 Å². The lowest BCUT2D eigenvalue weighted by molar-refractivity contribution is -0.126. The van der Waals surface area contributed by atoms with E-state index in [4.69, 9.17) is 0 Å². The quantitative estimate of drug-likeness (QED) is 0.228. The normalized spacial score (nSPS) is 14.7. The molecule has 8 nitrogen and oxygen atoms in total. The van der Waals surface area contributed by atoms with Crippen molar-refractivity contribution in [3.63, 3.8) is 0 Å². The summed E-state index contributed by atoms with van der Waals surface area (Å²) in [5.74, 6) is 0.938. The second kappa shape index (κ2) is 12.9. The Bertz CT molecular complexity index is 1620. The number of fused-ring (bicyclic) bond motifs is 1. The topological polar surface area (TPSA) is 91.6 Å². The summed E-state index contributed by atoms with van der Waals surface area (Å²) in [6.45, 7) is 12.0. The van der Waals surface area contributed by atoms with E-state index in [2.05, 4.69) is 41.4 Å². The maximum absolute atomic E-state index is 14.9. The predicted molar refractivity (Wildman–Crippen MR) is 168 cm³/mol. The van der Waals surface area contributed by atoms with Crippen LogP contribution in [-0.2, 0) is 4.79 Å². The molecular weight excluding hydrogens is 543 g/mol. The molecule has 1 saturated heterocycles. The van der Waals surface area contributed by atoms with Crippen LogP contribution in [0.4, 0.5) is 15.9 Å². The van der Waals surface area contributed by atoms with E-state index < -0.39 is 0 Å². The lowest BCUT2D eigenvalue weighted by Crippen LogP contribution is -2.43. The van der Waals surface area contributed by atoms with Gasteiger partial charge >= 0.3 is 0 Å². The third-order valence-corrected chi connectivity index (χ3v) is 8.42. The third kappa shape index (κ3) is 6.55. The van der Waals surface area contributed by atoms with E-state index in [1.807, 2.05) is 59.7 Å². The number of rotatable bonds is 9. The van der Waals surface area contributed by atoms with Crippen LogP contribution >= 0.6 is 0 Å². The number of aromatic nitrogens is 3. The van der Waals surface area contributed by atoms with Gasteiger partial charge in [0.05, 0.1) is 11.9 Å². The van der Waals surface area contributed by atoms with Crippen molar-refractivity contribution in [2.75, 3.05) is 25.0 Å². The SMILES string of the molecule is CCC(C)c1ccc(-c2cnc3c(Nc4ccc(C(=O)N5CCC(C(=O)NCC(C)C)CC5)c(C)c4)nccn23)cc1F. The molecule has 0 aliphatic carbocycles. The smallest absolute Gasteiger partial charge is 0.254 e. The molecule has 1 aliphatic rings. The fourth-order valence-electron chi connectivity index (χ4n) is 5.61. The molecule has 4 aromatic rings. The van der Waals surface area contributed by atoms with Crippen molar-refractivity contribution in [1.29, 1.82) is 0 Å². The summed E-state index contributed by atoms with van der Waals surface area (Å²) in [5.41, 5.74) is 5.12. The number of hydrogen-bond donors (Lipinski definition) is 2. The van der Waals surface area contributed by atoms with Gasteiger partial charge in [0.2, 0.25) is 5.91 Å². The van der Waals surface area contributed by atoms with Crippen LogP contribution < -0.4 is 10.6 Å². The minimum absolute atomic E-state index is 0.0187. The van der Waals surface area contributed by atoms with Crippen molar-refractivity contribution in [2.45, 2.75) is 59.8 Å². The third-order valence-electron chi connectivity index (χ3n) is 8.42. The van der Waals surface area contributed by atoms with Gasteiger partial charge in [-0.1, -0.05) is 39.8 Å². The average molecular weight is 585 g/mol. The Morgan fingerprint density at radius 3 is 2.51 bits per heavy atom. The molecule has 0 spiro atoms. The van der Waals surface area contributed by atoms with Gasteiger partial charge in [0.25, 0.3) is 5.91 Å². The number of nitrogens with one attached hydrogen (secondary N) is 2. The van der Waals surface area contributed by atoms with Crippen LogP contribution in [0, 0.1) is 24.6 Å². The molecule has 1 unspecified atom stereocenters. The molecule has 2 N–H and O–H groups in total. The molecule has 0 radical (unpaired) electrons. The summed E-state index contributed by atoms with van der Waals surface area (Å²) in [6, 6.07) is 11.0. The van der Waals surface area contributed by atoms with Crippen molar-refractivity contribution in [1.82, 2.24) is 24.6 Å². The minimum atomic E-state index is -0.212. The first-order chi connectivity index (χ1) is 20.7. The first-order valence-electron chi connectivity index (χ1n) is 15.2. The van der Waals surface area contributed by atoms with Crippen LogP contribution in [0.25, 0.3) is 16.9 Å². The zero-order valence-electron chi connectivity index (χ0n) is 25.7. The van der Waals surface area contributed by atoms with E-state index in [0.29, 0.717) is 55.4 Å². The van der Waals surface area contributed by atoms with E-state index in [-0.39, 0.29) is 29.5 Å². The molecule has 1 atom stereocenters. The molecule has 0 bridgehead atoms. The number of carbonyl (C=O) groups excluding carboxylic acids is 2. The van der Waals surface area contributed by atoms with Crippen molar-refractivity contribution >= 4 is 29.0 Å². The number of aryl methyl sites for hydroxylation is 1. The molecule has 1 fully saturated rings. The number of halogens is 1. The van der Waals surface area contributed by atoms with Gasteiger partial charge in [0.15, 0.2) is 11.5 Å². The van der Waals surface area contributed by atoms with Gasteiger partial charge in [-0.15, -0.1) is 0 Å². The largest absolute Gasteiger partial charge is 0.356 e. The second-order valence-electron chi connectivity index (χ2n) is 12.0. The summed E-state index contributed by atoms with van der Waals surface area (Å²) >= 11 is 0. The van der Waals surface area contributed by atoms with Crippen molar-refractivity contribution in [3.05, 3.63) is 77.5 Å². The van der Waals surface area contributed by atoms with Gasteiger partial charge in [0.1, 0.15) is 5.82 Å². The number of anilines is 2. The molecule has 9 heteroatoms. The van der Waals surface area contributed by atoms with Gasteiger partial charge in [-0.25, -0.2) is 14.4 Å². The molecule has 5 rings (SSSR count). The number of hydrogen-bond acceptors (Lipinski definition) is 5. The minimum Gasteiger partial charge on any atom is -0.356 e. The fourth-order valence-corrected chi connectivity index (χ4v) is 5.61.